The van der Waals surface area contributed by atoms with Gasteiger partial charge in [-0.2, -0.15) is 10.3 Å². The number of ketones is 1. The van der Waals surface area contributed by atoms with Gasteiger partial charge in [0, 0.05) is 11.8 Å². The molecule has 0 bridgehead atoms. The van der Waals surface area contributed by atoms with Crippen LogP contribution < -0.4 is 5.73 Å². The monoisotopic (exact) mass is 191 g/mol. The van der Waals surface area contributed by atoms with Crippen molar-refractivity contribution in [3.63, 3.8) is 0 Å². The molecule has 0 fully saturated rings. The van der Waals surface area contributed by atoms with Crippen molar-refractivity contribution in [2.75, 3.05) is 0 Å². The van der Waals surface area contributed by atoms with Crippen molar-refractivity contribution in [3.05, 3.63) is 17.8 Å². The number of hydrogen-bond acceptors (Lipinski definition) is 5. The zero-order valence-corrected chi connectivity index (χ0v) is 7.56. The summed E-state index contributed by atoms with van der Waals surface area (Å²) < 4.78 is 0. The number of H-pyrrole nitrogens is 1. The van der Waals surface area contributed by atoms with E-state index in [1.165, 1.54) is 6.20 Å². The Balaban J connectivity index is 2.48. The van der Waals surface area contributed by atoms with Crippen molar-refractivity contribution in [3.8, 4) is 0 Å². The number of nitrogens with two attached hydrogens (primary N) is 1. The normalized spacial score (nSPS) is 13.0. The summed E-state index contributed by atoms with van der Waals surface area (Å²) in [6, 6.07) is 1.10. The molecule has 0 aromatic carbocycles. The second kappa shape index (κ2) is 3.15. The fourth-order valence-electron chi connectivity index (χ4n) is 1.14. The highest BCUT2D eigenvalue weighted by molar-refractivity contribution is 6.01. The highest BCUT2D eigenvalue weighted by Crippen LogP contribution is 2.08. The molecule has 0 saturated carbocycles. The van der Waals surface area contributed by atoms with Gasteiger partial charge in [0.25, 0.3) is 0 Å². The van der Waals surface area contributed by atoms with E-state index >= 15 is 0 Å². The van der Waals surface area contributed by atoms with Crippen LogP contribution in [0, 0.1) is 0 Å². The predicted octanol–water partition coefficient (Wildman–Crippen LogP) is -0.117. The second-order valence-corrected chi connectivity index (χ2v) is 3.04. The number of carbonyl (C=O) groups is 1. The molecular weight excluding hydrogens is 182 g/mol. The summed E-state index contributed by atoms with van der Waals surface area (Å²) >= 11 is 0. The largest absolute Gasteiger partial charge is 0.321 e. The maximum atomic E-state index is 11.5. The summed E-state index contributed by atoms with van der Waals surface area (Å²) in [5, 5.41) is 10.0. The first-order valence-corrected chi connectivity index (χ1v) is 4.15. The van der Waals surface area contributed by atoms with Crippen LogP contribution in [0.3, 0.4) is 0 Å². The summed E-state index contributed by atoms with van der Waals surface area (Å²) in [5.41, 5.74) is 6.98. The van der Waals surface area contributed by atoms with E-state index in [-0.39, 0.29) is 5.78 Å². The first-order valence-electron chi connectivity index (χ1n) is 4.15. The van der Waals surface area contributed by atoms with Crippen LogP contribution in [0.5, 0.6) is 0 Å². The number of pyridine rings is 1. The number of nitrogens with one attached hydrogen (secondary N) is 1. The van der Waals surface area contributed by atoms with Gasteiger partial charge in [-0.25, -0.2) is 4.98 Å². The topological polar surface area (TPSA) is 97.5 Å². The molecular formula is C8H9N5O. The van der Waals surface area contributed by atoms with Crippen molar-refractivity contribution >= 4 is 16.9 Å². The van der Waals surface area contributed by atoms with Crippen molar-refractivity contribution in [2.24, 2.45) is 5.73 Å². The average Bonchev–Trinajstić information content (AvgIpc) is 2.62. The van der Waals surface area contributed by atoms with Crippen LogP contribution >= 0.6 is 0 Å². The Morgan fingerprint density at radius 1 is 1.57 bits per heavy atom. The highest BCUT2D eigenvalue weighted by Gasteiger charge is 2.12. The van der Waals surface area contributed by atoms with Gasteiger partial charge in [-0.1, -0.05) is 0 Å². The Hall–Kier alpha value is -1.82. The van der Waals surface area contributed by atoms with Gasteiger partial charge in [-0.05, 0) is 13.0 Å². The molecule has 3 N–H and O–H groups in total. The van der Waals surface area contributed by atoms with E-state index in [9.17, 15) is 4.79 Å². The van der Waals surface area contributed by atoms with E-state index in [1.807, 2.05) is 0 Å². The number of carbonyl (C=O) groups excluding carboxylic acids is 1. The smallest absolute Gasteiger partial charge is 0.201 e. The number of fused-ring (bicyclic) bond motifs is 1. The van der Waals surface area contributed by atoms with Crippen LogP contribution in [-0.2, 0) is 0 Å². The number of nitrogens with zero attached hydrogens (tertiary/aromatic N) is 3. The quantitative estimate of drug-likeness (QED) is 0.645. The number of hydrogen-bond donors (Lipinski definition) is 2. The van der Waals surface area contributed by atoms with Gasteiger partial charge in [-0.3, -0.25) is 4.79 Å². The van der Waals surface area contributed by atoms with Gasteiger partial charge in [0.05, 0.1) is 6.04 Å². The molecule has 0 amide bonds. The number of rotatable bonds is 2. The Morgan fingerprint density at radius 2 is 2.36 bits per heavy atom. The average molecular weight is 191 g/mol. The SMILES string of the molecule is CC(N)C(=O)c1cnc2n[nH]nc2c1. The van der Waals surface area contributed by atoms with Crippen LogP contribution in [0.1, 0.15) is 17.3 Å². The molecule has 72 valence electrons. The lowest BCUT2D eigenvalue weighted by molar-refractivity contribution is 0.0968. The molecule has 2 rings (SSSR count). The third-order valence-corrected chi connectivity index (χ3v) is 1.87. The van der Waals surface area contributed by atoms with Crippen LogP contribution in [0.25, 0.3) is 11.2 Å². The zero-order valence-electron chi connectivity index (χ0n) is 7.56. The van der Waals surface area contributed by atoms with Gasteiger partial charge in [0.1, 0.15) is 5.52 Å². The Labute approximate surface area is 79.5 Å². The van der Waals surface area contributed by atoms with Gasteiger partial charge >= 0.3 is 0 Å². The third-order valence-electron chi connectivity index (χ3n) is 1.87. The highest BCUT2D eigenvalue weighted by atomic mass is 16.1. The molecule has 0 radical (unpaired) electrons. The Bertz CT molecular complexity index is 475. The molecule has 6 heteroatoms. The molecule has 0 aliphatic heterocycles. The molecule has 2 aromatic heterocycles. The van der Waals surface area contributed by atoms with Gasteiger partial charge in [0.15, 0.2) is 5.78 Å². The van der Waals surface area contributed by atoms with Crippen molar-refractivity contribution < 1.29 is 4.79 Å². The standard InChI is InChI=1S/C8H9N5O/c1-4(9)7(14)5-2-6-8(10-3-5)12-13-11-6/h2-4H,9H2,1H3,(H,10,11,12,13). The predicted molar refractivity (Wildman–Crippen MR) is 49.7 cm³/mol. The first-order chi connectivity index (χ1) is 6.68. The Kier molecular flexibility index (Phi) is 1.97. The first kappa shape index (κ1) is 8.76. The molecule has 1 unspecified atom stereocenters. The second-order valence-electron chi connectivity index (χ2n) is 3.04. The van der Waals surface area contributed by atoms with E-state index in [0.717, 1.165) is 0 Å². The molecule has 6 nitrogen and oxygen atoms in total. The lowest BCUT2D eigenvalue weighted by Crippen LogP contribution is -2.26. The van der Waals surface area contributed by atoms with Crippen molar-refractivity contribution in [1.82, 2.24) is 20.4 Å². The molecule has 0 spiro atoms. The number of Topliss-reactive ketones (excluding diaryl/α,β-unsaturated/α-hetero) is 1. The number of aromatic nitrogens is 4. The molecule has 14 heavy (non-hydrogen) atoms. The maximum Gasteiger partial charge on any atom is 0.201 e. The molecule has 1 atom stereocenters. The summed E-state index contributed by atoms with van der Waals surface area (Å²) in [6.07, 6.45) is 1.45. The van der Waals surface area contributed by atoms with Crippen molar-refractivity contribution in [1.29, 1.82) is 0 Å². The summed E-state index contributed by atoms with van der Waals surface area (Å²) in [4.78, 5) is 15.4. The van der Waals surface area contributed by atoms with E-state index in [2.05, 4.69) is 20.4 Å². The molecule has 2 heterocycles. The van der Waals surface area contributed by atoms with E-state index < -0.39 is 6.04 Å². The van der Waals surface area contributed by atoms with Crippen LogP contribution in [0.4, 0.5) is 0 Å². The lowest BCUT2D eigenvalue weighted by atomic mass is 10.1. The fourth-order valence-corrected chi connectivity index (χ4v) is 1.14. The summed E-state index contributed by atoms with van der Waals surface area (Å²) in [5.74, 6) is -0.151. The summed E-state index contributed by atoms with van der Waals surface area (Å²) in [6.45, 7) is 1.63. The van der Waals surface area contributed by atoms with Crippen LogP contribution in [0.2, 0.25) is 0 Å². The summed E-state index contributed by atoms with van der Waals surface area (Å²) in [7, 11) is 0. The molecule has 2 aromatic rings. The minimum atomic E-state index is -0.527. The fraction of sp³-hybridized carbons (Fsp3) is 0.250. The van der Waals surface area contributed by atoms with Gasteiger partial charge in [-0.15, -0.1) is 5.10 Å². The minimum Gasteiger partial charge on any atom is -0.321 e. The molecule has 0 aliphatic carbocycles. The van der Waals surface area contributed by atoms with Gasteiger partial charge in [0.2, 0.25) is 5.65 Å². The third kappa shape index (κ3) is 1.35. The van der Waals surface area contributed by atoms with E-state index in [1.54, 1.807) is 13.0 Å². The Morgan fingerprint density at radius 3 is 3.07 bits per heavy atom. The van der Waals surface area contributed by atoms with Crippen molar-refractivity contribution in [2.45, 2.75) is 13.0 Å². The van der Waals surface area contributed by atoms with Crippen LogP contribution in [0.15, 0.2) is 12.3 Å². The molecule has 0 saturated heterocycles. The van der Waals surface area contributed by atoms with E-state index in [0.29, 0.717) is 16.7 Å². The zero-order chi connectivity index (χ0) is 10.1. The maximum absolute atomic E-state index is 11.5. The van der Waals surface area contributed by atoms with E-state index in [4.69, 9.17) is 5.73 Å². The molecule has 0 aliphatic rings. The minimum absolute atomic E-state index is 0.151. The van der Waals surface area contributed by atoms with Gasteiger partial charge < -0.3 is 5.73 Å². The lowest BCUT2D eigenvalue weighted by Gasteiger charge is -2.02. The van der Waals surface area contributed by atoms with Crippen LogP contribution in [-0.4, -0.2) is 32.2 Å². The number of aromatic amines is 1.